The summed E-state index contributed by atoms with van der Waals surface area (Å²) >= 11 is 0. The number of terminal acetylenes is 1. The van der Waals surface area contributed by atoms with Crippen LogP contribution in [-0.2, 0) is 6.54 Å². The second-order valence-electron chi connectivity index (χ2n) is 3.02. The van der Waals surface area contributed by atoms with E-state index in [0.29, 0.717) is 19.1 Å². The normalized spacial score (nSPS) is 10.3. The fourth-order valence-electron chi connectivity index (χ4n) is 1.08. The van der Waals surface area contributed by atoms with Crippen molar-refractivity contribution >= 4 is 0 Å². The van der Waals surface area contributed by atoms with Gasteiger partial charge in [0.1, 0.15) is 12.2 Å². The second-order valence-corrected chi connectivity index (χ2v) is 3.02. The Bertz CT molecular complexity index is 295. The van der Waals surface area contributed by atoms with Crippen LogP contribution in [0, 0.1) is 12.3 Å². The van der Waals surface area contributed by atoms with E-state index < -0.39 is 0 Å². The molecule has 1 rings (SSSR count). The molecule has 1 heterocycles. The van der Waals surface area contributed by atoms with Crippen molar-refractivity contribution in [2.75, 3.05) is 6.54 Å². The zero-order valence-corrected chi connectivity index (χ0v) is 7.99. The van der Waals surface area contributed by atoms with Gasteiger partial charge in [-0.1, -0.05) is 5.92 Å². The standard InChI is InChI=1S/C9H14N4/c1-4-5-10-6-9-11-7-12-13(9)8(2)3/h1,7-8,10H,5-6H2,2-3H3. The Kier molecular flexibility index (Phi) is 3.47. The van der Waals surface area contributed by atoms with Gasteiger partial charge in [0, 0.05) is 6.04 Å². The van der Waals surface area contributed by atoms with Crippen molar-refractivity contribution < 1.29 is 0 Å². The summed E-state index contributed by atoms with van der Waals surface area (Å²) in [5.41, 5.74) is 0. The molecule has 0 aliphatic heterocycles. The molecular weight excluding hydrogens is 164 g/mol. The molecule has 1 N–H and O–H groups in total. The first-order valence-corrected chi connectivity index (χ1v) is 4.28. The van der Waals surface area contributed by atoms with E-state index in [1.807, 2.05) is 4.68 Å². The average Bonchev–Trinajstić information content (AvgIpc) is 2.53. The Morgan fingerprint density at radius 1 is 1.69 bits per heavy atom. The van der Waals surface area contributed by atoms with Crippen LogP contribution in [-0.4, -0.2) is 21.3 Å². The van der Waals surface area contributed by atoms with Crippen molar-refractivity contribution in [2.45, 2.75) is 26.4 Å². The van der Waals surface area contributed by atoms with Gasteiger partial charge in [-0.2, -0.15) is 5.10 Å². The lowest BCUT2D eigenvalue weighted by Gasteiger charge is -2.08. The molecular formula is C9H14N4. The highest BCUT2D eigenvalue weighted by molar-refractivity contribution is 4.90. The highest BCUT2D eigenvalue weighted by Gasteiger charge is 2.05. The third kappa shape index (κ3) is 2.56. The number of hydrogen-bond donors (Lipinski definition) is 1. The molecule has 0 radical (unpaired) electrons. The summed E-state index contributed by atoms with van der Waals surface area (Å²) in [5, 5.41) is 7.18. The maximum atomic E-state index is 5.11. The van der Waals surface area contributed by atoms with Gasteiger partial charge in [-0.3, -0.25) is 5.32 Å². The highest BCUT2D eigenvalue weighted by atomic mass is 15.3. The van der Waals surface area contributed by atoms with Gasteiger partial charge in [0.05, 0.1) is 13.1 Å². The van der Waals surface area contributed by atoms with Gasteiger partial charge in [0.15, 0.2) is 0 Å². The van der Waals surface area contributed by atoms with Gasteiger partial charge in [0.2, 0.25) is 0 Å². The van der Waals surface area contributed by atoms with Crippen LogP contribution in [0.2, 0.25) is 0 Å². The molecule has 4 nitrogen and oxygen atoms in total. The molecule has 0 aliphatic rings. The molecule has 1 aromatic rings. The van der Waals surface area contributed by atoms with Crippen LogP contribution in [0.1, 0.15) is 25.7 Å². The molecule has 70 valence electrons. The summed E-state index contributed by atoms with van der Waals surface area (Å²) in [4.78, 5) is 4.13. The van der Waals surface area contributed by atoms with Crippen molar-refractivity contribution in [1.29, 1.82) is 0 Å². The number of nitrogens with zero attached hydrogens (tertiary/aromatic N) is 3. The number of rotatable bonds is 4. The van der Waals surface area contributed by atoms with Gasteiger partial charge in [-0.25, -0.2) is 9.67 Å². The first kappa shape index (κ1) is 9.75. The smallest absolute Gasteiger partial charge is 0.141 e. The van der Waals surface area contributed by atoms with E-state index in [1.165, 1.54) is 0 Å². The minimum absolute atomic E-state index is 0.338. The van der Waals surface area contributed by atoms with E-state index in [9.17, 15) is 0 Å². The van der Waals surface area contributed by atoms with E-state index in [2.05, 4.69) is 35.2 Å². The molecule has 0 fully saturated rings. The monoisotopic (exact) mass is 178 g/mol. The maximum Gasteiger partial charge on any atom is 0.141 e. The van der Waals surface area contributed by atoms with Crippen molar-refractivity contribution in [3.63, 3.8) is 0 Å². The van der Waals surface area contributed by atoms with Crippen molar-refractivity contribution in [2.24, 2.45) is 0 Å². The first-order chi connectivity index (χ1) is 6.25. The van der Waals surface area contributed by atoms with Gasteiger partial charge < -0.3 is 0 Å². The molecule has 0 unspecified atom stereocenters. The largest absolute Gasteiger partial charge is 0.299 e. The Hall–Kier alpha value is -1.34. The molecule has 0 saturated heterocycles. The summed E-state index contributed by atoms with van der Waals surface area (Å²) in [6.07, 6.45) is 6.67. The van der Waals surface area contributed by atoms with E-state index >= 15 is 0 Å². The average molecular weight is 178 g/mol. The third-order valence-corrected chi connectivity index (χ3v) is 1.65. The molecule has 0 saturated carbocycles. The summed E-state index contributed by atoms with van der Waals surface area (Å²) in [5.74, 6) is 3.43. The van der Waals surface area contributed by atoms with Crippen LogP contribution >= 0.6 is 0 Å². The maximum absolute atomic E-state index is 5.11. The lowest BCUT2D eigenvalue weighted by atomic mass is 10.4. The molecule has 0 atom stereocenters. The second kappa shape index (κ2) is 4.63. The van der Waals surface area contributed by atoms with Gasteiger partial charge in [-0.15, -0.1) is 6.42 Å². The Balaban J connectivity index is 2.56. The fourth-order valence-corrected chi connectivity index (χ4v) is 1.08. The van der Waals surface area contributed by atoms with Crippen LogP contribution < -0.4 is 5.32 Å². The third-order valence-electron chi connectivity index (χ3n) is 1.65. The lowest BCUT2D eigenvalue weighted by molar-refractivity contribution is 0.495. The Labute approximate surface area is 78.4 Å². The van der Waals surface area contributed by atoms with E-state index in [4.69, 9.17) is 6.42 Å². The van der Waals surface area contributed by atoms with Crippen LogP contribution in [0.4, 0.5) is 0 Å². The number of nitrogens with one attached hydrogen (secondary N) is 1. The molecule has 0 aromatic carbocycles. The molecule has 0 bridgehead atoms. The highest BCUT2D eigenvalue weighted by Crippen LogP contribution is 2.04. The molecule has 13 heavy (non-hydrogen) atoms. The molecule has 0 aliphatic carbocycles. The summed E-state index contributed by atoms with van der Waals surface area (Å²) in [6.45, 7) is 5.37. The number of hydrogen-bond acceptors (Lipinski definition) is 3. The first-order valence-electron chi connectivity index (χ1n) is 4.28. The molecule has 0 spiro atoms. The van der Waals surface area contributed by atoms with Crippen LogP contribution in [0.3, 0.4) is 0 Å². The van der Waals surface area contributed by atoms with E-state index in [0.717, 1.165) is 5.82 Å². The van der Waals surface area contributed by atoms with Gasteiger partial charge in [0.25, 0.3) is 0 Å². The molecule has 0 amide bonds. The number of aromatic nitrogens is 3. The quantitative estimate of drug-likeness (QED) is 0.542. The Morgan fingerprint density at radius 2 is 2.46 bits per heavy atom. The summed E-state index contributed by atoms with van der Waals surface area (Å²) in [7, 11) is 0. The predicted molar refractivity (Wildman–Crippen MR) is 50.9 cm³/mol. The fraction of sp³-hybridized carbons (Fsp3) is 0.556. The van der Waals surface area contributed by atoms with Gasteiger partial charge >= 0.3 is 0 Å². The van der Waals surface area contributed by atoms with Gasteiger partial charge in [-0.05, 0) is 13.8 Å². The van der Waals surface area contributed by atoms with Crippen LogP contribution in [0.15, 0.2) is 6.33 Å². The SMILES string of the molecule is C#CCNCc1ncnn1C(C)C. The topological polar surface area (TPSA) is 42.7 Å². The van der Waals surface area contributed by atoms with E-state index in [1.54, 1.807) is 6.33 Å². The minimum Gasteiger partial charge on any atom is -0.299 e. The van der Waals surface area contributed by atoms with Crippen molar-refractivity contribution in [3.8, 4) is 12.3 Å². The van der Waals surface area contributed by atoms with Crippen molar-refractivity contribution in [3.05, 3.63) is 12.2 Å². The molecule has 1 aromatic heterocycles. The van der Waals surface area contributed by atoms with Crippen LogP contribution in [0.5, 0.6) is 0 Å². The molecule has 4 heteroatoms. The zero-order valence-electron chi connectivity index (χ0n) is 7.99. The Morgan fingerprint density at radius 3 is 3.08 bits per heavy atom. The summed E-state index contributed by atoms with van der Waals surface area (Å²) < 4.78 is 1.88. The predicted octanol–water partition coefficient (Wildman–Crippen LogP) is 0.582. The lowest BCUT2D eigenvalue weighted by Crippen LogP contribution is -2.18. The van der Waals surface area contributed by atoms with Crippen LogP contribution in [0.25, 0.3) is 0 Å². The van der Waals surface area contributed by atoms with Crippen molar-refractivity contribution in [1.82, 2.24) is 20.1 Å². The summed E-state index contributed by atoms with van der Waals surface area (Å²) in [6, 6.07) is 0.338. The minimum atomic E-state index is 0.338. The zero-order chi connectivity index (χ0) is 9.68. The van der Waals surface area contributed by atoms with E-state index in [-0.39, 0.29) is 0 Å².